The minimum absolute atomic E-state index is 0.119. The van der Waals surface area contributed by atoms with Gasteiger partial charge in [-0.1, -0.05) is 11.3 Å². The zero-order valence-corrected chi connectivity index (χ0v) is 21.9. The van der Waals surface area contributed by atoms with Crippen LogP contribution in [0.15, 0.2) is 36.7 Å². The second-order valence-electron chi connectivity index (χ2n) is 9.81. The van der Waals surface area contributed by atoms with Crippen LogP contribution in [-0.4, -0.2) is 65.2 Å². The number of hydrogen-bond donors (Lipinski definition) is 1. The van der Waals surface area contributed by atoms with E-state index in [4.69, 9.17) is 4.74 Å². The van der Waals surface area contributed by atoms with Crippen LogP contribution in [0.25, 0.3) is 22.4 Å². The average molecular weight is 555 g/mol. The van der Waals surface area contributed by atoms with Crippen LogP contribution in [0.3, 0.4) is 0 Å². The fraction of sp³-hybridized carbons (Fsp3) is 0.333. The molecule has 0 spiro atoms. The molecule has 1 fully saturated rings. The van der Waals surface area contributed by atoms with Crippen LogP contribution in [0.1, 0.15) is 42.9 Å². The molecular formula is C24H23FN8O5S. The number of likely N-dealkylation sites (tertiary alicyclic amines) is 1. The van der Waals surface area contributed by atoms with E-state index in [9.17, 15) is 24.1 Å². The molecule has 5 rings (SSSR count). The molecule has 1 aliphatic rings. The highest BCUT2D eigenvalue weighted by Gasteiger charge is 2.32. The smallest absolute Gasteiger partial charge is 0.410 e. The van der Waals surface area contributed by atoms with E-state index in [1.807, 2.05) is 0 Å². The van der Waals surface area contributed by atoms with E-state index >= 15 is 0 Å². The van der Waals surface area contributed by atoms with Gasteiger partial charge in [0.25, 0.3) is 5.91 Å². The minimum Gasteiger partial charge on any atom is -0.444 e. The highest BCUT2D eigenvalue weighted by Crippen LogP contribution is 2.31. The average Bonchev–Trinajstić information content (AvgIpc) is 3.62. The first-order valence-electron chi connectivity index (χ1n) is 11.9. The number of carbonyl (C=O) groups excluding carboxylic acids is 2. The number of rotatable bonds is 5. The van der Waals surface area contributed by atoms with Crippen molar-refractivity contribution in [3.63, 3.8) is 0 Å². The Labute approximate surface area is 224 Å². The zero-order chi connectivity index (χ0) is 27.9. The van der Waals surface area contributed by atoms with Crippen molar-refractivity contribution in [2.75, 3.05) is 18.4 Å². The van der Waals surface area contributed by atoms with Gasteiger partial charge < -0.3 is 15.0 Å². The van der Waals surface area contributed by atoms with E-state index in [-0.39, 0.29) is 27.6 Å². The lowest BCUT2D eigenvalue weighted by atomic mass is 10.2. The Morgan fingerprint density at radius 2 is 2.00 bits per heavy atom. The van der Waals surface area contributed by atoms with Crippen LogP contribution in [0.2, 0.25) is 0 Å². The molecule has 0 bridgehead atoms. The Bertz CT molecular complexity index is 1580. The summed E-state index contributed by atoms with van der Waals surface area (Å²) in [6, 6.07) is 5.00. The van der Waals surface area contributed by atoms with Gasteiger partial charge in [0.15, 0.2) is 11.5 Å². The standard InChI is InChI=1S/C24H23FN8O5S/c1-24(2,3)38-23(35)31-9-8-14(12-31)32-21-15(11-27-32)20(28-19(29-21)13-4-6-17(25)26-10-13)30-22(34)16-5-7-18(39-16)33(36)37/h4-7,10-11,14H,8-9,12H2,1-3H3,(H,28,29,30,34)/t14-/m0/s1. The molecule has 4 aromatic rings. The topological polar surface area (TPSA) is 158 Å². The van der Waals surface area contributed by atoms with Crippen LogP contribution in [0, 0.1) is 16.1 Å². The van der Waals surface area contributed by atoms with E-state index in [0.717, 1.165) is 11.3 Å². The summed E-state index contributed by atoms with van der Waals surface area (Å²) in [5.41, 5.74) is 0.151. The maximum Gasteiger partial charge on any atom is 0.410 e. The van der Waals surface area contributed by atoms with E-state index < -0.39 is 28.5 Å². The SMILES string of the molecule is CC(C)(C)OC(=O)N1CC[C@H](n2ncc3c(NC(=O)c4ccc([N+](=O)[O-])s4)nc(-c4ccc(F)nc4)nc32)C1. The summed E-state index contributed by atoms with van der Waals surface area (Å²) in [4.78, 5) is 50.5. The maximum atomic E-state index is 13.5. The molecule has 0 radical (unpaired) electrons. The molecular weight excluding hydrogens is 531 g/mol. The predicted molar refractivity (Wildman–Crippen MR) is 139 cm³/mol. The normalized spacial score (nSPS) is 15.5. The lowest BCUT2D eigenvalue weighted by molar-refractivity contribution is -0.380. The minimum atomic E-state index is -0.675. The van der Waals surface area contributed by atoms with Crippen molar-refractivity contribution in [1.82, 2.24) is 29.6 Å². The number of aromatic nitrogens is 5. The molecule has 0 aromatic carbocycles. The number of ether oxygens (including phenoxy) is 1. The molecule has 1 N–H and O–H groups in total. The largest absolute Gasteiger partial charge is 0.444 e. The molecule has 202 valence electrons. The highest BCUT2D eigenvalue weighted by molar-refractivity contribution is 7.17. The molecule has 0 saturated carbocycles. The molecule has 39 heavy (non-hydrogen) atoms. The van der Waals surface area contributed by atoms with Gasteiger partial charge in [0.1, 0.15) is 11.4 Å². The van der Waals surface area contributed by atoms with Crippen molar-refractivity contribution in [2.45, 2.75) is 38.8 Å². The van der Waals surface area contributed by atoms with Gasteiger partial charge in [-0.3, -0.25) is 14.9 Å². The van der Waals surface area contributed by atoms with Gasteiger partial charge >= 0.3 is 11.1 Å². The second-order valence-corrected chi connectivity index (χ2v) is 10.9. The summed E-state index contributed by atoms with van der Waals surface area (Å²) < 4.78 is 20.6. The van der Waals surface area contributed by atoms with E-state index in [0.29, 0.717) is 36.1 Å². The van der Waals surface area contributed by atoms with Crippen molar-refractivity contribution in [1.29, 1.82) is 0 Å². The van der Waals surface area contributed by atoms with Gasteiger partial charge in [0.2, 0.25) is 5.95 Å². The van der Waals surface area contributed by atoms with Crippen molar-refractivity contribution in [3.05, 3.63) is 57.6 Å². The number of hydrogen-bond acceptors (Lipinski definition) is 10. The fourth-order valence-electron chi connectivity index (χ4n) is 4.08. The highest BCUT2D eigenvalue weighted by atomic mass is 32.1. The molecule has 0 unspecified atom stereocenters. The number of nitrogens with one attached hydrogen (secondary N) is 1. The summed E-state index contributed by atoms with van der Waals surface area (Å²) >= 11 is 0.732. The molecule has 0 aliphatic carbocycles. The molecule has 15 heteroatoms. The Morgan fingerprint density at radius 1 is 1.21 bits per heavy atom. The first-order valence-corrected chi connectivity index (χ1v) is 12.7. The fourth-order valence-corrected chi connectivity index (χ4v) is 4.79. The summed E-state index contributed by atoms with van der Waals surface area (Å²) in [7, 11) is 0. The predicted octanol–water partition coefficient (Wildman–Crippen LogP) is 4.43. The first kappa shape index (κ1) is 26.1. The maximum absolute atomic E-state index is 13.5. The summed E-state index contributed by atoms with van der Waals surface area (Å²) in [6.45, 7) is 6.19. The number of carbonyl (C=O) groups is 2. The number of halogens is 1. The second kappa shape index (κ2) is 9.98. The quantitative estimate of drug-likeness (QED) is 0.214. The van der Waals surface area contributed by atoms with Crippen molar-refractivity contribution >= 4 is 45.2 Å². The third-order valence-electron chi connectivity index (χ3n) is 5.83. The summed E-state index contributed by atoms with van der Waals surface area (Å²) in [5.74, 6) is -0.994. The van der Waals surface area contributed by atoms with Gasteiger partial charge in [-0.05, 0) is 45.4 Å². The van der Waals surface area contributed by atoms with Gasteiger partial charge in [0, 0.05) is 30.9 Å². The van der Waals surface area contributed by atoms with Crippen LogP contribution < -0.4 is 5.32 Å². The van der Waals surface area contributed by atoms with Crippen LogP contribution in [0.5, 0.6) is 0 Å². The molecule has 4 aromatic heterocycles. The van der Waals surface area contributed by atoms with E-state index in [1.165, 1.54) is 36.7 Å². The first-order chi connectivity index (χ1) is 18.5. The zero-order valence-electron chi connectivity index (χ0n) is 21.1. The van der Waals surface area contributed by atoms with Gasteiger partial charge in [0.05, 0.1) is 27.4 Å². The molecule has 2 amide bonds. The van der Waals surface area contributed by atoms with Crippen LogP contribution in [-0.2, 0) is 4.74 Å². The van der Waals surface area contributed by atoms with Gasteiger partial charge in [-0.15, -0.1) is 0 Å². The number of anilines is 1. The lowest BCUT2D eigenvalue weighted by Gasteiger charge is -2.24. The van der Waals surface area contributed by atoms with Gasteiger partial charge in [-0.25, -0.2) is 24.4 Å². The lowest BCUT2D eigenvalue weighted by Crippen LogP contribution is -2.35. The third kappa shape index (κ3) is 5.52. The van der Waals surface area contributed by atoms with Crippen LogP contribution >= 0.6 is 11.3 Å². The Morgan fingerprint density at radius 3 is 2.67 bits per heavy atom. The summed E-state index contributed by atoms with van der Waals surface area (Å²) in [5, 5.41) is 18.5. The molecule has 1 aliphatic heterocycles. The molecule has 1 saturated heterocycles. The number of amides is 2. The molecule has 13 nitrogen and oxygen atoms in total. The number of pyridine rings is 1. The Kier molecular flexibility index (Phi) is 6.68. The molecule has 1 atom stereocenters. The number of nitro groups is 1. The number of nitrogens with zero attached hydrogens (tertiary/aromatic N) is 7. The van der Waals surface area contributed by atoms with Crippen molar-refractivity contribution < 1.29 is 23.6 Å². The van der Waals surface area contributed by atoms with Crippen molar-refractivity contribution in [2.24, 2.45) is 0 Å². The number of fused-ring (bicyclic) bond motifs is 1. The summed E-state index contributed by atoms with van der Waals surface area (Å²) in [6.07, 6.45) is 2.94. The van der Waals surface area contributed by atoms with Crippen molar-refractivity contribution in [3.8, 4) is 11.4 Å². The third-order valence-corrected chi connectivity index (χ3v) is 6.86. The monoisotopic (exact) mass is 554 g/mol. The van der Waals surface area contributed by atoms with Crippen LogP contribution in [0.4, 0.5) is 20.0 Å². The Balaban J connectivity index is 1.50. The van der Waals surface area contributed by atoms with E-state index in [1.54, 1.807) is 30.4 Å². The van der Waals surface area contributed by atoms with Gasteiger partial charge in [-0.2, -0.15) is 9.49 Å². The number of thiophene rings is 1. The Hall–Kier alpha value is -4.53. The molecule has 5 heterocycles. The van der Waals surface area contributed by atoms with E-state index in [2.05, 4.69) is 25.4 Å².